The van der Waals surface area contributed by atoms with Crippen molar-refractivity contribution in [3.63, 3.8) is 0 Å². The standard InChI is InChI=1S/C10H8BrCl2N3/c11-9-5-8(1-2-10(9)13)16-6-7(3-4-12)14-15-16/h1-2,5-6H,3-4H2. The van der Waals surface area contributed by atoms with Crippen molar-refractivity contribution in [2.45, 2.75) is 6.42 Å². The molecule has 2 rings (SSSR count). The van der Waals surface area contributed by atoms with Crippen LogP contribution in [-0.4, -0.2) is 20.9 Å². The highest BCUT2D eigenvalue weighted by Gasteiger charge is 2.04. The molecule has 0 aliphatic heterocycles. The van der Waals surface area contributed by atoms with Gasteiger partial charge in [0.25, 0.3) is 0 Å². The zero-order valence-corrected chi connectivity index (χ0v) is 11.3. The molecule has 0 atom stereocenters. The van der Waals surface area contributed by atoms with E-state index in [-0.39, 0.29) is 0 Å². The molecule has 3 nitrogen and oxygen atoms in total. The van der Waals surface area contributed by atoms with E-state index in [0.717, 1.165) is 22.3 Å². The van der Waals surface area contributed by atoms with Crippen molar-refractivity contribution in [1.29, 1.82) is 0 Å². The Labute approximate surface area is 111 Å². The van der Waals surface area contributed by atoms with E-state index in [4.69, 9.17) is 23.2 Å². The molecule has 0 fully saturated rings. The van der Waals surface area contributed by atoms with Crippen LogP contribution in [-0.2, 0) is 6.42 Å². The highest BCUT2D eigenvalue weighted by Crippen LogP contribution is 2.24. The summed E-state index contributed by atoms with van der Waals surface area (Å²) in [5.74, 6) is 0.545. The first-order valence-corrected chi connectivity index (χ1v) is 6.34. The predicted molar refractivity (Wildman–Crippen MR) is 68.5 cm³/mol. The van der Waals surface area contributed by atoms with Gasteiger partial charge in [-0.15, -0.1) is 16.7 Å². The van der Waals surface area contributed by atoms with Gasteiger partial charge in [-0.25, -0.2) is 4.68 Å². The van der Waals surface area contributed by atoms with Crippen molar-refractivity contribution >= 4 is 39.1 Å². The molecule has 0 aliphatic rings. The molecule has 1 aromatic heterocycles. The molecule has 84 valence electrons. The molecule has 2 aromatic rings. The Balaban J connectivity index is 2.31. The van der Waals surface area contributed by atoms with E-state index < -0.39 is 0 Å². The summed E-state index contributed by atoms with van der Waals surface area (Å²) >= 11 is 14.9. The van der Waals surface area contributed by atoms with Gasteiger partial charge in [-0.05, 0) is 34.1 Å². The topological polar surface area (TPSA) is 30.7 Å². The first-order valence-electron chi connectivity index (χ1n) is 4.63. The van der Waals surface area contributed by atoms with Gasteiger partial charge in [0.05, 0.1) is 22.6 Å². The Morgan fingerprint density at radius 2 is 2.19 bits per heavy atom. The minimum Gasteiger partial charge on any atom is -0.220 e. The zero-order chi connectivity index (χ0) is 11.5. The van der Waals surface area contributed by atoms with Gasteiger partial charge in [0.1, 0.15) is 0 Å². The summed E-state index contributed by atoms with van der Waals surface area (Å²) in [4.78, 5) is 0. The summed E-state index contributed by atoms with van der Waals surface area (Å²) < 4.78 is 2.53. The second-order valence-electron chi connectivity index (χ2n) is 3.19. The smallest absolute Gasteiger partial charge is 0.0843 e. The summed E-state index contributed by atoms with van der Waals surface area (Å²) in [5.41, 5.74) is 1.78. The average Bonchev–Trinajstić information content (AvgIpc) is 2.71. The third kappa shape index (κ3) is 2.56. The van der Waals surface area contributed by atoms with Crippen molar-refractivity contribution in [2.75, 3.05) is 5.88 Å². The molecule has 0 saturated carbocycles. The molecule has 6 heteroatoms. The highest BCUT2D eigenvalue weighted by molar-refractivity contribution is 9.10. The third-order valence-corrected chi connectivity index (χ3v) is 3.46. The molecule has 0 spiro atoms. The Kier molecular flexibility index (Phi) is 3.84. The fourth-order valence-corrected chi connectivity index (χ4v) is 1.94. The van der Waals surface area contributed by atoms with E-state index in [0.29, 0.717) is 10.9 Å². The van der Waals surface area contributed by atoms with Crippen LogP contribution in [0, 0.1) is 0 Å². The molecular weight excluding hydrogens is 313 g/mol. The molecule has 1 heterocycles. The Morgan fingerprint density at radius 1 is 1.38 bits per heavy atom. The molecule has 0 aliphatic carbocycles. The lowest BCUT2D eigenvalue weighted by atomic mass is 10.3. The maximum absolute atomic E-state index is 5.91. The van der Waals surface area contributed by atoms with Crippen LogP contribution >= 0.6 is 39.1 Å². The van der Waals surface area contributed by atoms with Gasteiger partial charge in [-0.1, -0.05) is 16.8 Å². The predicted octanol–water partition coefficient (Wildman–Crippen LogP) is 3.46. The first kappa shape index (κ1) is 11.9. The molecule has 0 bridgehead atoms. The number of aryl methyl sites for hydroxylation is 1. The molecule has 0 unspecified atom stereocenters. The van der Waals surface area contributed by atoms with Crippen molar-refractivity contribution < 1.29 is 0 Å². The monoisotopic (exact) mass is 319 g/mol. The van der Waals surface area contributed by atoms with E-state index in [1.165, 1.54) is 0 Å². The van der Waals surface area contributed by atoms with Crippen LogP contribution in [0.2, 0.25) is 5.02 Å². The van der Waals surface area contributed by atoms with Crippen molar-refractivity contribution in [1.82, 2.24) is 15.0 Å². The number of halogens is 3. The molecule has 0 N–H and O–H groups in total. The van der Waals surface area contributed by atoms with E-state index in [1.54, 1.807) is 4.68 Å². The van der Waals surface area contributed by atoms with Gasteiger partial charge in [-0.2, -0.15) is 0 Å². The summed E-state index contributed by atoms with van der Waals surface area (Å²) in [7, 11) is 0. The summed E-state index contributed by atoms with van der Waals surface area (Å²) in [6.45, 7) is 0. The Hall–Kier alpha value is -0.580. The zero-order valence-electron chi connectivity index (χ0n) is 8.20. The van der Waals surface area contributed by atoms with Gasteiger partial charge >= 0.3 is 0 Å². The number of nitrogens with zero attached hydrogens (tertiary/aromatic N) is 3. The molecule has 0 radical (unpaired) electrons. The van der Waals surface area contributed by atoms with E-state index in [9.17, 15) is 0 Å². The van der Waals surface area contributed by atoms with Crippen LogP contribution in [0.15, 0.2) is 28.9 Å². The fraction of sp³-hybridized carbons (Fsp3) is 0.200. The quantitative estimate of drug-likeness (QED) is 0.811. The van der Waals surface area contributed by atoms with Crippen molar-refractivity contribution in [3.05, 3.63) is 39.6 Å². The fourth-order valence-electron chi connectivity index (χ4n) is 1.26. The third-order valence-electron chi connectivity index (χ3n) is 2.06. The SMILES string of the molecule is ClCCc1cn(-c2ccc(Cl)c(Br)c2)nn1. The van der Waals surface area contributed by atoms with Gasteiger partial charge in [0, 0.05) is 16.8 Å². The van der Waals surface area contributed by atoms with E-state index >= 15 is 0 Å². The molecule has 0 saturated heterocycles. The Morgan fingerprint density at radius 3 is 2.88 bits per heavy atom. The van der Waals surface area contributed by atoms with Crippen molar-refractivity contribution in [2.24, 2.45) is 0 Å². The van der Waals surface area contributed by atoms with Crippen molar-refractivity contribution in [3.8, 4) is 5.69 Å². The first-order chi connectivity index (χ1) is 7.70. The number of aromatic nitrogens is 3. The lowest BCUT2D eigenvalue weighted by Crippen LogP contribution is -1.94. The minimum absolute atomic E-state index is 0.545. The van der Waals surface area contributed by atoms with E-state index in [1.807, 2.05) is 24.4 Å². The highest BCUT2D eigenvalue weighted by atomic mass is 79.9. The largest absolute Gasteiger partial charge is 0.220 e. The maximum Gasteiger partial charge on any atom is 0.0843 e. The molecule has 16 heavy (non-hydrogen) atoms. The summed E-state index contributed by atoms with van der Waals surface area (Å²) in [5, 5.41) is 8.71. The number of alkyl halides is 1. The number of benzene rings is 1. The average molecular weight is 321 g/mol. The summed E-state index contributed by atoms with van der Waals surface area (Å²) in [6, 6.07) is 5.58. The van der Waals surface area contributed by atoms with Crippen LogP contribution in [0.3, 0.4) is 0 Å². The van der Waals surface area contributed by atoms with Crippen LogP contribution in [0.1, 0.15) is 5.69 Å². The Bertz CT molecular complexity index is 499. The molecule has 0 amide bonds. The maximum atomic E-state index is 5.91. The van der Waals surface area contributed by atoms with Crippen LogP contribution in [0.25, 0.3) is 5.69 Å². The number of hydrogen-bond acceptors (Lipinski definition) is 2. The van der Waals surface area contributed by atoms with Crippen LogP contribution in [0.4, 0.5) is 0 Å². The lowest BCUT2D eigenvalue weighted by molar-refractivity contribution is 0.797. The van der Waals surface area contributed by atoms with E-state index in [2.05, 4.69) is 26.2 Å². The second-order valence-corrected chi connectivity index (χ2v) is 4.83. The van der Waals surface area contributed by atoms with Crippen LogP contribution < -0.4 is 0 Å². The molecular formula is C10H8BrCl2N3. The molecule has 1 aromatic carbocycles. The van der Waals surface area contributed by atoms with Gasteiger partial charge in [-0.3, -0.25) is 0 Å². The second kappa shape index (κ2) is 5.17. The normalized spacial score (nSPS) is 10.7. The van der Waals surface area contributed by atoms with Crippen LogP contribution in [0.5, 0.6) is 0 Å². The van der Waals surface area contributed by atoms with Gasteiger partial charge in [0.2, 0.25) is 0 Å². The van der Waals surface area contributed by atoms with Gasteiger partial charge in [0.15, 0.2) is 0 Å². The number of rotatable bonds is 3. The number of hydrogen-bond donors (Lipinski definition) is 0. The summed E-state index contributed by atoms with van der Waals surface area (Å²) in [6.07, 6.45) is 2.58. The lowest BCUT2D eigenvalue weighted by Gasteiger charge is -2.01. The minimum atomic E-state index is 0.545. The van der Waals surface area contributed by atoms with Gasteiger partial charge < -0.3 is 0 Å².